The molecule has 15 nitrogen and oxygen atoms in total. The van der Waals surface area contributed by atoms with E-state index in [1.54, 1.807) is 24.3 Å². The number of carbonyl (C=O) groups is 5. The molecule has 7 rings (SSSR count). The van der Waals surface area contributed by atoms with E-state index in [1.807, 2.05) is 6.07 Å². The van der Waals surface area contributed by atoms with Crippen molar-refractivity contribution in [3.05, 3.63) is 99.3 Å². The third-order valence-corrected chi connectivity index (χ3v) is 10.6. The zero-order valence-corrected chi connectivity index (χ0v) is 32.1. The van der Waals surface area contributed by atoms with Gasteiger partial charge >= 0.3 is 0 Å². The van der Waals surface area contributed by atoms with Crippen LogP contribution in [0.2, 0.25) is 5.02 Å². The van der Waals surface area contributed by atoms with E-state index in [1.165, 1.54) is 24.5 Å². The second-order valence-corrected chi connectivity index (χ2v) is 14.5. The summed E-state index contributed by atoms with van der Waals surface area (Å²) in [6.45, 7) is 1.85. The minimum Gasteiger partial charge on any atom is -0.493 e. The molecular weight excluding hydrogens is 769 g/mol. The quantitative estimate of drug-likeness (QED) is 0.0787. The first kappa shape index (κ1) is 39.8. The molecule has 58 heavy (non-hydrogen) atoms. The van der Waals surface area contributed by atoms with Crippen molar-refractivity contribution in [2.45, 2.75) is 70.4 Å². The predicted octanol–water partition coefficient (Wildman–Crippen LogP) is 5.39. The third kappa shape index (κ3) is 8.59. The van der Waals surface area contributed by atoms with Crippen molar-refractivity contribution in [3.63, 3.8) is 0 Å². The molecule has 5 amide bonds. The summed E-state index contributed by atoms with van der Waals surface area (Å²) in [6, 6.07) is 14.0. The van der Waals surface area contributed by atoms with E-state index in [0.717, 1.165) is 47.5 Å². The van der Waals surface area contributed by atoms with Gasteiger partial charge in [-0.15, -0.1) is 0 Å². The van der Waals surface area contributed by atoms with E-state index >= 15 is 4.39 Å². The zero-order valence-electron chi connectivity index (χ0n) is 31.4. The molecule has 0 saturated carbocycles. The molecule has 298 valence electrons. The van der Waals surface area contributed by atoms with Gasteiger partial charge in [0, 0.05) is 30.8 Å². The topological polar surface area (TPSA) is 200 Å². The average Bonchev–Trinajstić information content (AvgIpc) is 3.47. The molecule has 0 bridgehead atoms. The summed E-state index contributed by atoms with van der Waals surface area (Å²) in [6.07, 6.45) is 7.12. The number of piperidine rings is 1. The van der Waals surface area contributed by atoms with Crippen LogP contribution in [0.1, 0.15) is 99.3 Å². The number of rotatable bonds is 15. The minimum absolute atomic E-state index is 0.0453. The number of imide groups is 2. The van der Waals surface area contributed by atoms with Crippen molar-refractivity contribution < 1.29 is 33.1 Å². The van der Waals surface area contributed by atoms with Crippen LogP contribution >= 0.6 is 11.6 Å². The lowest BCUT2D eigenvalue weighted by Crippen LogP contribution is -2.54. The van der Waals surface area contributed by atoms with Gasteiger partial charge in [-0.05, 0) is 68.1 Å². The monoisotopic (exact) mass is 807 g/mol. The molecule has 3 aliphatic heterocycles. The van der Waals surface area contributed by atoms with E-state index in [-0.39, 0.29) is 41.1 Å². The molecule has 17 heteroatoms. The Hall–Kier alpha value is -6.47. The number of pyridine rings is 1. The van der Waals surface area contributed by atoms with Gasteiger partial charge in [0.05, 0.1) is 46.1 Å². The van der Waals surface area contributed by atoms with Gasteiger partial charge in [0.1, 0.15) is 35.8 Å². The largest absolute Gasteiger partial charge is 0.493 e. The molecule has 1 unspecified atom stereocenters. The normalized spacial score (nSPS) is 16.1. The Bertz CT molecular complexity index is 2340. The Labute approximate surface area is 337 Å². The zero-order chi connectivity index (χ0) is 40.8. The second-order valence-electron chi connectivity index (χ2n) is 14.1. The Morgan fingerprint density at radius 3 is 2.59 bits per heavy atom. The molecule has 5 heterocycles. The van der Waals surface area contributed by atoms with Gasteiger partial charge < -0.3 is 20.3 Å². The second kappa shape index (κ2) is 17.8. The van der Waals surface area contributed by atoms with Crippen LogP contribution in [0.5, 0.6) is 5.75 Å². The van der Waals surface area contributed by atoms with Crippen molar-refractivity contribution in [3.8, 4) is 11.8 Å². The Kier molecular flexibility index (Phi) is 12.2. The number of ether oxygens (including phenoxy) is 1. The molecule has 1 fully saturated rings. The summed E-state index contributed by atoms with van der Waals surface area (Å²) >= 11 is 6.24. The molecule has 3 N–H and O–H groups in total. The van der Waals surface area contributed by atoms with E-state index in [0.29, 0.717) is 61.9 Å². The van der Waals surface area contributed by atoms with Crippen molar-refractivity contribution in [1.29, 1.82) is 5.26 Å². The number of anilines is 3. The maximum atomic E-state index is 15.0. The van der Waals surface area contributed by atoms with Gasteiger partial charge in [0.2, 0.25) is 17.8 Å². The van der Waals surface area contributed by atoms with Crippen LogP contribution in [0.15, 0.2) is 54.9 Å². The van der Waals surface area contributed by atoms with Crippen LogP contribution in [-0.4, -0.2) is 75.1 Å². The summed E-state index contributed by atoms with van der Waals surface area (Å²) in [7, 11) is 0. The van der Waals surface area contributed by atoms with Crippen LogP contribution in [0, 0.1) is 17.3 Å². The van der Waals surface area contributed by atoms with Gasteiger partial charge in [-0.25, -0.2) is 15.0 Å². The molecule has 0 spiro atoms. The fraction of sp³-hybridized carbons (Fsp3) is 0.341. The highest BCUT2D eigenvalue weighted by Crippen LogP contribution is 2.34. The van der Waals surface area contributed by atoms with Crippen molar-refractivity contribution >= 4 is 58.5 Å². The number of halogens is 2. The first-order valence-electron chi connectivity index (χ1n) is 19.1. The van der Waals surface area contributed by atoms with Crippen molar-refractivity contribution in [2.75, 3.05) is 29.9 Å². The lowest BCUT2D eigenvalue weighted by Gasteiger charge is -2.30. The summed E-state index contributed by atoms with van der Waals surface area (Å²) in [5, 5.41) is 17.6. The molecule has 3 aliphatic rings. The summed E-state index contributed by atoms with van der Waals surface area (Å²) in [5.41, 5.74) is 3.09. The van der Waals surface area contributed by atoms with Crippen molar-refractivity contribution in [2.24, 2.45) is 0 Å². The number of benzene rings is 2. The summed E-state index contributed by atoms with van der Waals surface area (Å²) in [4.78, 5) is 78.7. The SMILES string of the molecule is N#Cc1ccc(N2CCc3c(ncnc3Nc3ccc(C(=O)NCCCCCCCCOc4cccc5c4C(=O)N(C4CCC(=O)NC4=O)C5=O)c(F)n3)C2)cc1Cl. The number of carbonyl (C=O) groups excluding carboxylic acids is 5. The van der Waals surface area contributed by atoms with E-state index in [9.17, 15) is 29.2 Å². The highest BCUT2D eigenvalue weighted by Gasteiger charge is 2.46. The first-order valence-corrected chi connectivity index (χ1v) is 19.5. The molecule has 4 aromatic rings. The molecular formula is C41H39ClFN9O6. The van der Waals surface area contributed by atoms with Crippen molar-refractivity contribution in [1.82, 2.24) is 30.5 Å². The molecule has 0 aliphatic carbocycles. The number of fused-ring (bicyclic) bond motifs is 2. The number of amides is 5. The first-order chi connectivity index (χ1) is 28.1. The highest BCUT2D eigenvalue weighted by molar-refractivity contribution is 6.32. The standard InChI is InChI=1S/C41H39ClFN9O6/c42-29-20-25(11-10-24(29)21-44)51-18-16-26-30(22-51)46-23-47-37(26)49-33-14-12-28(36(43)48-33)38(54)45-17-5-3-1-2-4-6-19-58-32-9-7-8-27-35(32)41(57)52(40(27)56)31-13-15-34(53)50-39(31)55/h7-12,14,20,23,31H,1-6,13,15-19,22H2,(H,45,54)(H,50,53,55)(H,46,47,48,49). The fourth-order valence-electron chi connectivity index (χ4n) is 7.29. The Morgan fingerprint density at radius 1 is 1.00 bits per heavy atom. The molecule has 1 saturated heterocycles. The van der Waals surface area contributed by atoms with Crippen LogP contribution in [0.4, 0.5) is 21.7 Å². The number of hydrogen-bond donors (Lipinski definition) is 3. The number of nitrogens with one attached hydrogen (secondary N) is 3. The van der Waals surface area contributed by atoms with Gasteiger partial charge in [-0.2, -0.15) is 9.65 Å². The van der Waals surface area contributed by atoms with E-state index in [4.69, 9.17) is 16.3 Å². The minimum atomic E-state index is -1.04. The molecule has 0 radical (unpaired) electrons. The number of unbranched alkanes of at least 4 members (excludes halogenated alkanes) is 5. The van der Waals surface area contributed by atoms with Gasteiger partial charge in [0.15, 0.2) is 0 Å². The van der Waals surface area contributed by atoms with Crippen LogP contribution in [-0.2, 0) is 22.6 Å². The van der Waals surface area contributed by atoms with Crippen LogP contribution in [0.25, 0.3) is 0 Å². The van der Waals surface area contributed by atoms with Gasteiger partial charge in [0.25, 0.3) is 17.7 Å². The number of nitrogens with zero attached hydrogens (tertiary/aromatic N) is 6. The summed E-state index contributed by atoms with van der Waals surface area (Å²) < 4.78 is 20.9. The lowest BCUT2D eigenvalue weighted by molar-refractivity contribution is -0.136. The highest BCUT2D eigenvalue weighted by atomic mass is 35.5. The molecule has 2 aromatic heterocycles. The maximum Gasteiger partial charge on any atom is 0.266 e. The molecule has 2 aromatic carbocycles. The third-order valence-electron chi connectivity index (χ3n) is 10.3. The lowest BCUT2D eigenvalue weighted by atomic mass is 10.0. The Morgan fingerprint density at radius 2 is 1.81 bits per heavy atom. The smallest absolute Gasteiger partial charge is 0.266 e. The average molecular weight is 808 g/mol. The van der Waals surface area contributed by atoms with Gasteiger partial charge in [-0.1, -0.05) is 43.4 Å². The summed E-state index contributed by atoms with van der Waals surface area (Å²) in [5.74, 6) is -2.75. The number of nitriles is 1. The van der Waals surface area contributed by atoms with E-state index < -0.39 is 41.5 Å². The predicted molar refractivity (Wildman–Crippen MR) is 209 cm³/mol. The maximum absolute atomic E-state index is 15.0. The molecule has 1 atom stereocenters. The Balaban J connectivity index is 0.804. The fourth-order valence-corrected chi connectivity index (χ4v) is 7.50. The van der Waals surface area contributed by atoms with E-state index in [2.05, 4.69) is 41.9 Å². The van der Waals surface area contributed by atoms with Crippen LogP contribution < -0.4 is 25.6 Å². The van der Waals surface area contributed by atoms with Crippen LogP contribution in [0.3, 0.4) is 0 Å². The number of aromatic nitrogens is 3. The number of hydrogen-bond acceptors (Lipinski definition) is 12. The van der Waals surface area contributed by atoms with Gasteiger partial charge in [-0.3, -0.25) is 34.2 Å².